The molecule has 224 valence electrons. The van der Waals surface area contributed by atoms with Crippen LogP contribution in [0.25, 0.3) is 0 Å². The van der Waals surface area contributed by atoms with Crippen LogP contribution in [0, 0.1) is 0 Å². The second-order valence-electron chi connectivity index (χ2n) is 12.8. The smallest absolute Gasteiger partial charge is 0.343 e. The molecule has 0 unspecified atom stereocenters. The van der Waals surface area contributed by atoms with E-state index in [1.807, 2.05) is 12.1 Å². The van der Waals surface area contributed by atoms with Crippen LogP contribution in [0.2, 0.25) is 0 Å². The maximum Gasteiger partial charge on any atom is 0.343 e. The van der Waals surface area contributed by atoms with Crippen LogP contribution < -0.4 is 4.74 Å². The Morgan fingerprint density at radius 1 is 0.610 bits per heavy atom. The fraction of sp³-hybridized carbons (Fsp3) is 0.629. The number of ether oxygens (including phenoxy) is 1. The van der Waals surface area contributed by atoms with E-state index in [1.54, 1.807) is 12.1 Å². The van der Waals surface area contributed by atoms with E-state index in [9.17, 15) is 17.8 Å². The fourth-order valence-electron chi connectivity index (χ4n) is 7.63. The van der Waals surface area contributed by atoms with Gasteiger partial charge in [-0.25, -0.2) is 13.2 Å². The number of rotatable bonds is 6. The molecule has 0 aliphatic heterocycles. The molecule has 0 amide bonds. The molecule has 0 atom stereocenters. The normalized spacial score (nSPS) is 20.9. The van der Waals surface area contributed by atoms with Crippen molar-refractivity contribution in [3.63, 3.8) is 0 Å². The molecule has 0 radical (unpaired) electrons. The largest absolute Gasteiger partial charge is 0.744 e. The van der Waals surface area contributed by atoms with E-state index in [0.717, 1.165) is 51.4 Å². The third kappa shape index (κ3) is 8.01. The first kappa shape index (κ1) is 30.3. The van der Waals surface area contributed by atoms with E-state index in [2.05, 4.69) is 12.1 Å². The lowest BCUT2D eigenvalue weighted by Gasteiger charge is -2.25. The second kappa shape index (κ2) is 14.3. The van der Waals surface area contributed by atoms with Gasteiger partial charge < -0.3 is 9.29 Å². The van der Waals surface area contributed by atoms with E-state index in [4.69, 9.17) is 4.74 Å². The maximum absolute atomic E-state index is 13.3. The molecule has 0 aromatic heterocycles. The van der Waals surface area contributed by atoms with Gasteiger partial charge in [-0.2, -0.15) is 0 Å². The molecule has 3 saturated carbocycles. The number of carbonyl (C=O) groups excluding carboxylic acids is 1. The van der Waals surface area contributed by atoms with Crippen molar-refractivity contribution < 1.29 is 22.5 Å². The molecule has 3 aliphatic rings. The summed E-state index contributed by atoms with van der Waals surface area (Å²) in [5.74, 6) is 0.469. The van der Waals surface area contributed by atoms with Gasteiger partial charge in [0.05, 0.1) is 10.5 Å². The Balaban J connectivity index is 1.36. The molecular weight excluding hydrogens is 532 g/mol. The zero-order valence-corrected chi connectivity index (χ0v) is 25.4. The summed E-state index contributed by atoms with van der Waals surface area (Å²) in [7, 11) is -4.66. The molecule has 41 heavy (non-hydrogen) atoms. The Labute approximate surface area is 247 Å². The summed E-state index contributed by atoms with van der Waals surface area (Å²) in [4.78, 5) is 13.3. The van der Waals surface area contributed by atoms with Crippen LogP contribution >= 0.6 is 0 Å². The first-order valence-corrected chi connectivity index (χ1v) is 17.8. The van der Waals surface area contributed by atoms with Gasteiger partial charge in [-0.15, -0.1) is 0 Å². The van der Waals surface area contributed by atoms with Crippen molar-refractivity contribution in [2.75, 3.05) is 0 Å². The van der Waals surface area contributed by atoms with Crippen molar-refractivity contribution in [3.05, 3.63) is 58.7 Å². The van der Waals surface area contributed by atoms with E-state index in [0.29, 0.717) is 28.4 Å². The third-order valence-electron chi connectivity index (χ3n) is 9.89. The molecule has 5 rings (SSSR count). The Bertz CT molecular complexity index is 1200. The Morgan fingerprint density at radius 2 is 1.00 bits per heavy atom. The molecule has 6 heteroatoms. The molecule has 0 spiro atoms. The molecule has 3 fully saturated rings. The lowest BCUT2D eigenvalue weighted by molar-refractivity contribution is 0.0734. The van der Waals surface area contributed by atoms with Gasteiger partial charge >= 0.3 is 5.97 Å². The van der Waals surface area contributed by atoms with Crippen molar-refractivity contribution in [1.82, 2.24) is 0 Å². The average Bonchev–Trinajstić information content (AvgIpc) is 3.68. The quantitative estimate of drug-likeness (QED) is 0.193. The number of esters is 1. The minimum absolute atomic E-state index is 0.0118. The Kier molecular flexibility index (Phi) is 10.6. The van der Waals surface area contributed by atoms with Gasteiger partial charge in [0, 0.05) is 0 Å². The predicted molar refractivity (Wildman–Crippen MR) is 162 cm³/mol. The summed E-state index contributed by atoms with van der Waals surface area (Å²) in [5, 5.41) is 0. The van der Waals surface area contributed by atoms with E-state index in [1.165, 1.54) is 76.2 Å². The lowest BCUT2D eigenvalue weighted by Crippen LogP contribution is -2.14. The van der Waals surface area contributed by atoms with Crippen molar-refractivity contribution in [2.45, 2.75) is 145 Å². The maximum atomic E-state index is 13.3. The number of hydrogen-bond donors (Lipinski definition) is 0. The minimum atomic E-state index is -4.66. The van der Waals surface area contributed by atoms with E-state index in [-0.39, 0.29) is 16.7 Å². The van der Waals surface area contributed by atoms with Crippen LogP contribution in [-0.4, -0.2) is 18.9 Å². The molecule has 0 bridgehead atoms. The standard InChI is InChI=1S/C35H48O5S/c36-35(30-22-20-27(21-23-30)26-14-8-6-4-2-1-3-5-7-9-15-26)40-31-24-32(28-16-10-11-17-28)34(41(37,38)39)33(25-31)29-18-12-13-19-29/h20-26,28-29H,1-19H2,(H,37,38,39)/p-1. The molecule has 2 aromatic carbocycles. The predicted octanol–water partition coefficient (Wildman–Crippen LogP) is 9.51. The fourth-order valence-corrected chi connectivity index (χ4v) is 8.66. The van der Waals surface area contributed by atoms with Crippen LogP contribution in [0.5, 0.6) is 5.75 Å². The Morgan fingerprint density at radius 3 is 1.44 bits per heavy atom. The molecule has 0 heterocycles. The van der Waals surface area contributed by atoms with Crippen molar-refractivity contribution >= 4 is 16.1 Å². The zero-order valence-electron chi connectivity index (χ0n) is 24.6. The third-order valence-corrected chi connectivity index (χ3v) is 10.9. The van der Waals surface area contributed by atoms with Gasteiger partial charge in [-0.3, -0.25) is 0 Å². The highest BCUT2D eigenvalue weighted by Crippen LogP contribution is 2.45. The van der Waals surface area contributed by atoms with Crippen molar-refractivity contribution in [1.29, 1.82) is 0 Å². The van der Waals surface area contributed by atoms with Crippen LogP contribution in [0.15, 0.2) is 41.3 Å². The summed E-state index contributed by atoms with van der Waals surface area (Å²) in [6.45, 7) is 0. The molecule has 0 N–H and O–H groups in total. The zero-order chi connectivity index (χ0) is 28.7. The van der Waals surface area contributed by atoms with Gasteiger partial charge in [-0.1, -0.05) is 95.6 Å². The van der Waals surface area contributed by atoms with Crippen LogP contribution in [-0.2, 0) is 10.1 Å². The lowest BCUT2D eigenvalue weighted by atomic mass is 9.87. The van der Waals surface area contributed by atoms with Gasteiger partial charge in [0.25, 0.3) is 0 Å². The highest BCUT2D eigenvalue weighted by Gasteiger charge is 2.30. The van der Waals surface area contributed by atoms with E-state index < -0.39 is 16.1 Å². The summed E-state index contributed by atoms with van der Waals surface area (Å²) >= 11 is 0. The van der Waals surface area contributed by atoms with E-state index >= 15 is 0 Å². The SMILES string of the molecule is O=C(Oc1cc(C2CCCC2)c(S(=O)(=O)[O-])c(C2CCCC2)c1)c1ccc(C2CCCCCCCCCCC2)cc1. The number of benzene rings is 2. The molecular formula is C35H47O5S-. The summed E-state index contributed by atoms with van der Waals surface area (Å²) in [5.41, 5.74) is 2.91. The van der Waals surface area contributed by atoms with Crippen LogP contribution in [0.4, 0.5) is 0 Å². The summed E-state index contributed by atoms with van der Waals surface area (Å²) < 4.78 is 43.6. The van der Waals surface area contributed by atoms with Crippen LogP contribution in [0.3, 0.4) is 0 Å². The second-order valence-corrected chi connectivity index (χ2v) is 14.1. The topological polar surface area (TPSA) is 83.5 Å². The summed E-state index contributed by atoms with van der Waals surface area (Å²) in [6.07, 6.45) is 21.8. The first-order chi connectivity index (χ1) is 19.9. The van der Waals surface area contributed by atoms with Crippen molar-refractivity contribution in [2.24, 2.45) is 0 Å². The minimum Gasteiger partial charge on any atom is -0.744 e. The number of carbonyl (C=O) groups is 1. The van der Waals surface area contributed by atoms with Gasteiger partial charge in [0.2, 0.25) is 0 Å². The first-order valence-electron chi connectivity index (χ1n) is 16.4. The van der Waals surface area contributed by atoms with Gasteiger partial charge in [0.1, 0.15) is 15.9 Å². The molecule has 3 aliphatic carbocycles. The number of hydrogen-bond acceptors (Lipinski definition) is 5. The Hall–Kier alpha value is -2.18. The highest BCUT2D eigenvalue weighted by molar-refractivity contribution is 7.85. The molecule has 2 aromatic rings. The average molecular weight is 580 g/mol. The van der Waals surface area contributed by atoms with Crippen molar-refractivity contribution in [3.8, 4) is 5.75 Å². The summed E-state index contributed by atoms with van der Waals surface area (Å²) in [6, 6.07) is 11.3. The van der Waals surface area contributed by atoms with Gasteiger partial charge in [-0.05, 0) is 97.2 Å². The highest BCUT2D eigenvalue weighted by atomic mass is 32.2. The molecule has 5 nitrogen and oxygen atoms in total. The monoisotopic (exact) mass is 579 g/mol. The van der Waals surface area contributed by atoms with Crippen LogP contribution in [0.1, 0.15) is 167 Å². The molecule has 0 saturated heterocycles. The van der Waals surface area contributed by atoms with Gasteiger partial charge in [0.15, 0.2) is 0 Å².